The molecule has 1 N–H and O–H groups in total. The molecule has 0 amide bonds. The van der Waals surface area contributed by atoms with E-state index in [9.17, 15) is 4.79 Å². The van der Waals surface area contributed by atoms with Crippen molar-refractivity contribution in [1.82, 2.24) is 15.2 Å². The summed E-state index contributed by atoms with van der Waals surface area (Å²) in [6.07, 6.45) is 1.72. The average molecular weight is 258 g/mol. The van der Waals surface area contributed by atoms with Crippen LogP contribution >= 0.6 is 11.6 Å². The molecular weight excluding hydrogens is 250 g/mol. The van der Waals surface area contributed by atoms with Gasteiger partial charge in [-0.3, -0.25) is 9.78 Å². The third kappa shape index (κ3) is 1.87. The van der Waals surface area contributed by atoms with Crippen molar-refractivity contribution in [2.75, 3.05) is 0 Å². The Bertz CT molecular complexity index is 782. The number of H-pyrrole nitrogens is 1. The molecule has 0 saturated heterocycles. The molecule has 0 saturated carbocycles. The second-order valence-electron chi connectivity index (χ2n) is 3.84. The molecule has 3 aromatic rings. The minimum atomic E-state index is -0.269. The maximum absolute atomic E-state index is 11.7. The summed E-state index contributed by atoms with van der Waals surface area (Å²) in [6.45, 7) is 0. The highest BCUT2D eigenvalue weighted by Crippen LogP contribution is 2.21. The summed E-state index contributed by atoms with van der Waals surface area (Å²) in [5.41, 5.74) is 1.83. The molecule has 2 aromatic heterocycles. The number of nitrogens with zero attached hydrogens (tertiary/aromatic N) is 2. The molecule has 3 rings (SSSR count). The zero-order valence-electron chi connectivity index (χ0n) is 9.22. The fraction of sp³-hybridized carbons (Fsp3) is 0. The largest absolute Gasteiger partial charge is 0.272 e. The first-order valence-corrected chi connectivity index (χ1v) is 5.72. The first-order valence-electron chi connectivity index (χ1n) is 5.34. The second kappa shape index (κ2) is 4.23. The molecule has 0 aliphatic carbocycles. The van der Waals surface area contributed by atoms with Gasteiger partial charge in [0.1, 0.15) is 5.15 Å². The lowest BCUT2D eigenvalue weighted by molar-refractivity contribution is 0.992. The van der Waals surface area contributed by atoms with E-state index >= 15 is 0 Å². The summed E-state index contributed by atoms with van der Waals surface area (Å²) < 4.78 is 0. The standard InChI is InChI=1S/C13H8ClN3O/c14-12-7-10(13(18)17-16-12)9-4-3-8-2-1-5-15-11(8)6-9/h1-7H,(H,17,18). The molecule has 2 heterocycles. The SMILES string of the molecule is O=c1[nH]nc(Cl)cc1-c1ccc2cccnc2c1. The number of pyridine rings is 1. The highest BCUT2D eigenvalue weighted by Gasteiger charge is 2.06. The highest BCUT2D eigenvalue weighted by molar-refractivity contribution is 6.29. The summed E-state index contributed by atoms with van der Waals surface area (Å²) in [5.74, 6) is 0. The Hall–Kier alpha value is -2.20. The van der Waals surface area contributed by atoms with Crippen LogP contribution in [0, 0.1) is 0 Å². The number of aromatic amines is 1. The normalized spacial score (nSPS) is 10.7. The van der Waals surface area contributed by atoms with Crippen molar-refractivity contribution in [2.24, 2.45) is 0 Å². The topological polar surface area (TPSA) is 58.6 Å². The van der Waals surface area contributed by atoms with Gasteiger partial charge in [0.05, 0.1) is 11.1 Å². The van der Waals surface area contributed by atoms with Crippen LogP contribution in [0.25, 0.3) is 22.0 Å². The predicted octanol–water partition coefficient (Wildman–Crippen LogP) is 2.64. The Kier molecular flexibility index (Phi) is 2.57. The molecule has 4 nitrogen and oxygen atoms in total. The fourth-order valence-electron chi connectivity index (χ4n) is 1.83. The molecule has 0 aliphatic rings. The van der Waals surface area contributed by atoms with Gasteiger partial charge in [-0.1, -0.05) is 29.8 Å². The van der Waals surface area contributed by atoms with Crippen molar-refractivity contribution in [1.29, 1.82) is 0 Å². The number of halogens is 1. The van der Waals surface area contributed by atoms with Crippen LogP contribution in [0.15, 0.2) is 47.4 Å². The van der Waals surface area contributed by atoms with Crippen LogP contribution in [0.2, 0.25) is 5.15 Å². The Morgan fingerprint density at radius 3 is 2.94 bits per heavy atom. The predicted molar refractivity (Wildman–Crippen MR) is 70.6 cm³/mol. The van der Waals surface area contributed by atoms with E-state index < -0.39 is 0 Å². The van der Waals surface area contributed by atoms with Crippen molar-refractivity contribution in [3.8, 4) is 11.1 Å². The molecule has 0 unspecified atom stereocenters. The lowest BCUT2D eigenvalue weighted by atomic mass is 10.1. The molecule has 88 valence electrons. The number of fused-ring (bicyclic) bond motifs is 1. The van der Waals surface area contributed by atoms with Crippen LogP contribution < -0.4 is 5.56 Å². The van der Waals surface area contributed by atoms with Gasteiger partial charge in [0, 0.05) is 11.6 Å². The lowest BCUT2D eigenvalue weighted by Gasteiger charge is -2.02. The summed E-state index contributed by atoms with van der Waals surface area (Å²) in [5, 5.41) is 7.28. The van der Waals surface area contributed by atoms with Crippen LogP contribution in [-0.2, 0) is 0 Å². The fourth-order valence-corrected chi connectivity index (χ4v) is 1.98. The number of aromatic nitrogens is 3. The van der Waals surface area contributed by atoms with Crippen LogP contribution in [-0.4, -0.2) is 15.2 Å². The summed E-state index contributed by atoms with van der Waals surface area (Å²) in [7, 11) is 0. The van der Waals surface area contributed by atoms with E-state index in [1.807, 2.05) is 30.3 Å². The van der Waals surface area contributed by atoms with Crippen molar-refractivity contribution in [3.05, 3.63) is 58.1 Å². The van der Waals surface area contributed by atoms with Crippen molar-refractivity contribution in [2.45, 2.75) is 0 Å². The molecule has 18 heavy (non-hydrogen) atoms. The smallest absolute Gasteiger partial charge is 0.267 e. The van der Waals surface area contributed by atoms with Gasteiger partial charge in [0.15, 0.2) is 0 Å². The van der Waals surface area contributed by atoms with Crippen LogP contribution in [0.3, 0.4) is 0 Å². The average Bonchev–Trinajstić information content (AvgIpc) is 2.41. The van der Waals surface area contributed by atoms with Gasteiger partial charge in [-0.2, -0.15) is 5.10 Å². The first-order chi connectivity index (χ1) is 8.74. The molecule has 5 heteroatoms. The third-order valence-electron chi connectivity index (χ3n) is 2.69. The highest BCUT2D eigenvalue weighted by atomic mass is 35.5. The molecular formula is C13H8ClN3O. The van der Waals surface area contributed by atoms with Crippen molar-refractivity contribution >= 4 is 22.5 Å². The maximum atomic E-state index is 11.7. The Morgan fingerprint density at radius 2 is 2.06 bits per heavy atom. The number of rotatable bonds is 1. The van der Waals surface area contributed by atoms with Gasteiger partial charge in [-0.25, -0.2) is 5.10 Å². The molecule has 0 fully saturated rings. The summed E-state index contributed by atoms with van der Waals surface area (Å²) >= 11 is 5.79. The van der Waals surface area contributed by atoms with E-state index in [1.165, 1.54) is 0 Å². The zero-order valence-corrected chi connectivity index (χ0v) is 9.98. The van der Waals surface area contributed by atoms with Gasteiger partial charge >= 0.3 is 0 Å². The van der Waals surface area contributed by atoms with Crippen LogP contribution in [0.4, 0.5) is 0 Å². The number of benzene rings is 1. The second-order valence-corrected chi connectivity index (χ2v) is 4.23. The number of hydrogen-bond donors (Lipinski definition) is 1. The van der Waals surface area contributed by atoms with Gasteiger partial charge in [-0.05, 0) is 23.8 Å². The van der Waals surface area contributed by atoms with E-state index in [2.05, 4.69) is 15.2 Å². The van der Waals surface area contributed by atoms with E-state index in [-0.39, 0.29) is 10.7 Å². The minimum Gasteiger partial charge on any atom is -0.267 e. The summed E-state index contributed by atoms with van der Waals surface area (Å²) in [6, 6.07) is 11.0. The molecule has 0 spiro atoms. The Labute approximate surface area is 107 Å². The Balaban J connectivity index is 2.25. The van der Waals surface area contributed by atoms with E-state index in [4.69, 9.17) is 11.6 Å². The quantitative estimate of drug-likeness (QED) is 0.729. The third-order valence-corrected chi connectivity index (χ3v) is 2.88. The van der Waals surface area contributed by atoms with Gasteiger partial charge in [0.2, 0.25) is 0 Å². The van der Waals surface area contributed by atoms with Gasteiger partial charge in [-0.15, -0.1) is 0 Å². The first kappa shape index (κ1) is 10.9. The maximum Gasteiger partial charge on any atom is 0.272 e. The molecule has 0 bridgehead atoms. The molecule has 0 atom stereocenters. The Morgan fingerprint density at radius 1 is 1.17 bits per heavy atom. The van der Waals surface area contributed by atoms with Gasteiger partial charge in [0.25, 0.3) is 5.56 Å². The van der Waals surface area contributed by atoms with Crippen LogP contribution in [0.1, 0.15) is 0 Å². The summed E-state index contributed by atoms with van der Waals surface area (Å²) in [4.78, 5) is 16.0. The molecule has 1 aromatic carbocycles. The molecule has 0 radical (unpaired) electrons. The lowest BCUT2D eigenvalue weighted by Crippen LogP contribution is -2.10. The zero-order chi connectivity index (χ0) is 12.5. The minimum absolute atomic E-state index is 0.255. The van der Waals surface area contributed by atoms with E-state index in [1.54, 1.807) is 12.3 Å². The van der Waals surface area contributed by atoms with Crippen molar-refractivity contribution < 1.29 is 0 Å². The van der Waals surface area contributed by atoms with Crippen molar-refractivity contribution in [3.63, 3.8) is 0 Å². The molecule has 0 aliphatic heterocycles. The van der Waals surface area contributed by atoms with Crippen LogP contribution in [0.5, 0.6) is 0 Å². The monoisotopic (exact) mass is 257 g/mol. The number of nitrogens with one attached hydrogen (secondary N) is 1. The van der Waals surface area contributed by atoms with E-state index in [0.717, 1.165) is 16.5 Å². The van der Waals surface area contributed by atoms with Gasteiger partial charge < -0.3 is 0 Å². The number of hydrogen-bond acceptors (Lipinski definition) is 3. The van der Waals surface area contributed by atoms with E-state index in [0.29, 0.717) is 5.56 Å².